The summed E-state index contributed by atoms with van der Waals surface area (Å²) in [5.74, 6) is 0.535. The molecular formula is C12H20BrN3O. The predicted molar refractivity (Wildman–Crippen MR) is 72.4 cm³/mol. The molecule has 1 unspecified atom stereocenters. The first-order valence-corrected chi connectivity index (χ1v) is 6.93. The van der Waals surface area contributed by atoms with Crippen molar-refractivity contribution in [2.45, 2.75) is 38.4 Å². The zero-order chi connectivity index (χ0) is 12.8. The number of rotatable bonds is 6. The maximum Gasteiger partial charge on any atom is 0.254 e. The molecule has 0 aliphatic rings. The number of hydrogen-bond donors (Lipinski definition) is 2. The standard InChI is InChI=1S/C12H20BrN3O/c1-4-9(5-2)11(13)7-14-12(17)10-6-15-16-8(10)3/h6,9,11H,4-5,7H2,1-3H3,(H,14,17)(H,15,16). The lowest BCUT2D eigenvalue weighted by Gasteiger charge is -2.19. The number of aryl methyl sites for hydroxylation is 1. The number of amides is 1. The van der Waals surface area contributed by atoms with Crippen molar-refractivity contribution < 1.29 is 4.79 Å². The van der Waals surface area contributed by atoms with Crippen LogP contribution < -0.4 is 5.32 Å². The number of nitrogens with zero attached hydrogens (tertiary/aromatic N) is 1. The van der Waals surface area contributed by atoms with Gasteiger partial charge in [-0.05, 0) is 12.8 Å². The molecule has 0 saturated heterocycles. The molecule has 2 N–H and O–H groups in total. The van der Waals surface area contributed by atoms with E-state index in [0.29, 0.717) is 22.9 Å². The van der Waals surface area contributed by atoms with Gasteiger partial charge in [0, 0.05) is 17.1 Å². The highest BCUT2D eigenvalue weighted by Crippen LogP contribution is 2.19. The lowest BCUT2D eigenvalue weighted by molar-refractivity contribution is 0.0951. The van der Waals surface area contributed by atoms with Gasteiger partial charge < -0.3 is 5.32 Å². The summed E-state index contributed by atoms with van der Waals surface area (Å²) in [4.78, 5) is 12.2. The van der Waals surface area contributed by atoms with Crippen LogP contribution in [0.2, 0.25) is 0 Å². The molecule has 0 spiro atoms. The Hall–Kier alpha value is -0.840. The maximum atomic E-state index is 11.8. The molecule has 0 fully saturated rings. The third-order valence-corrected chi connectivity index (χ3v) is 4.16. The van der Waals surface area contributed by atoms with Crippen molar-refractivity contribution in [1.29, 1.82) is 0 Å². The third kappa shape index (κ3) is 3.84. The van der Waals surface area contributed by atoms with E-state index in [4.69, 9.17) is 0 Å². The molecule has 1 amide bonds. The Bertz CT molecular complexity index is 360. The number of nitrogens with one attached hydrogen (secondary N) is 2. The van der Waals surface area contributed by atoms with Crippen LogP contribution >= 0.6 is 15.9 Å². The molecule has 4 nitrogen and oxygen atoms in total. The molecule has 1 aromatic rings. The third-order valence-electron chi connectivity index (χ3n) is 3.09. The summed E-state index contributed by atoms with van der Waals surface area (Å²) in [5.41, 5.74) is 1.42. The number of halogens is 1. The lowest BCUT2D eigenvalue weighted by atomic mass is 9.99. The Morgan fingerprint density at radius 2 is 2.18 bits per heavy atom. The average Bonchev–Trinajstić information content (AvgIpc) is 2.74. The summed E-state index contributed by atoms with van der Waals surface area (Å²) < 4.78 is 0. The van der Waals surface area contributed by atoms with Crippen molar-refractivity contribution >= 4 is 21.8 Å². The highest BCUT2D eigenvalue weighted by molar-refractivity contribution is 9.09. The minimum absolute atomic E-state index is 0.0633. The van der Waals surface area contributed by atoms with Crippen molar-refractivity contribution in [2.75, 3.05) is 6.54 Å². The van der Waals surface area contributed by atoms with E-state index in [2.05, 4.69) is 45.3 Å². The average molecular weight is 302 g/mol. The zero-order valence-electron chi connectivity index (χ0n) is 10.6. The smallest absolute Gasteiger partial charge is 0.254 e. The highest BCUT2D eigenvalue weighted by atomic mass is 79.9. The molecule has 0 bridgehead atoms. The number of H-pyrrole nitrogens is 1. The van der Waals surface area contributed by atoms with Gasteiger partial charge >= 0.3 is 0 Å². The summed E-state index contributed by atoms with van der Waals surface area (Å²) in [6, 6.07) is 0. The van der Waals surface area contributed by atoms with Crippen LogP contribution in [0.1, 0.15) is 42.7 Å². The summed E-state index contributed by atoms with van der Waals surface area (Å²) in [7, 11) is 0. The molecule has 96 valence electrons. The number of carbonyl (C=O) groups excluding carboxylic acids is 1. The number of aromatic amines is 1. The van der Waals surface area contributed by atoms with E-state index >= 15 is 0 Å². The Kier molecular flexibility index (Phi) is 5.68. The van der Waals surface area contributed by atoms with Crippen molar-refractivity contribution in [1.82, 2.24) is 15.5 Å². The molecule has 1 aromatic heterocycles. The molecular weight excluding hydrogens is 282 g/mol. The Morgan fingerprint density at radius 1 is 1.53 bits per heavy atom. The largest absolute Gasteiger partial charge is 0.351 e. The Morgan fingerprint density at radius 3 is 2.65 bits per heavy atom. The van der Waals surface area contributed by atoms with Crippen LogP contribution in [-0.4, -0.2) is 27.5 Å². The molecule has 0 radical (unpaired) electrons. The number of alkyl halides is 1. The molecule has 0 aliphatic heterocycles. The van der Waals surface area contributed by atoms with E-state index in [1.807, 2.05) is 6.92 Å². The molecule has 1 rings (SSSR count). The Balaban J connectivity index is 2.46. The van der Waals surface area contributed by atoms with Crippen molar-refractivity contribution in [3.63, 3.8) is 0 Å². The van der Waals surface area contributed by atoms with Crippen molar-refractivity contribution in [3.8, 4) is 0 Å². The van der Waals surface area contributed by atoms with Gasteiger partial charge in [0.15, 0.2) is 0 Å². The molecule has 0 aliphatic carbocycles. The second kappa shape index (κ2) is 6.79. The molecule has 5 heteroatoms. The van der Waals surface area contributed by atoms with E-state index in [0.717, 1.165) is 18.5 Å². The summed E-state index contributed by atoms with van der Waals surface area (Å²) >= 11 is 3.64. The minimum atomic E-state index is -0.0633. The quantitative estimate of drug-likeness (QED) is 0.794. The summed E-state index contributed by atoms with van der Waals surface area (Å²) in [6.07, 6.45) is 3.80. The molecule has 1 heterocycles. The van der Waals surface area contributed by atoms with E-state index in [1.165, 1.54) is 0 Å². The number of carbonyl (C=O) groups is 1. The van der Waals surface area contributed by atoms with Gasteiger partial charge in [0.25, 0.3) is 5.91 Å². The number of hydrogen-bond acceptors (Lipinski definition) is 2. The van der Waals surface area contributed by atoms with Gasteiger partial charge in [-0.2, -0.15) is 5.10 Å². The number of aromatic nitrogens is 2. The summed E-state index contributed by atoms with van der Waals surface area (Å²) in [6.45, 7) is 6.83. The first kappa shape index (κ1) is 14.2. The van der Waals surface area contributed by atoms with Crippen LogP contribution in [0.5, 0.6) is 0 Å². The van der Waals surface area contributed by atoms with Crippen LogP contribution in [0.15, 0.2) is 6.20 Å². The predicted octanol–water partition coefficient (Wildman–Crippen LogP) is 2.65. The van der Waals surface area contributed by atoms with E-state index < -0.39 is 0 Å². The van der Waals surface area contributed by atoms with E-state index in [1.54, 1.807) is 6.20 Å². The van der Waals surface area contributed by atoms with Gasteiger partial charge in [-0.15, -0.1) is 0 Å². The molecule has 17 heavy (non-hydrogen) atoms. The van der Waals surface area contributed by atoms with E-state index in [-0.39, 0.29) is 5.91 Å². The highest BCUT2D eigenvalue weighted by Gasteiger charge is 2.17. The van der Waals surface area contributed by atoms with Gasteiger partial charge in [-0.3, -0.25) is 9.89 Å². The fourth-order valence-corrected chi connectivity index (χ4v) is 2.74. The van der Waals surface area contributed by atoms with E-state index in [9.17, 15) is 4.79 Å². The second-order valence-corrected chi connectivity index (χ2v) is 5.39. The monoisotopic (exact) mass is 301 g/mol. The van der Waals surface area contributed by atoms with Gasteiger partial charge in [0.1, 0.15) is 0 Å². The fourth-order valence-electron chi connectivity index (χ4n) is 1.83. The fraction of sp³-hybridized carbons (Fsp3) is 0.667. The first-order valence-electron chi connectivity index (χ1n) is 6.02. The Labute approximate surface area is 111 Å². The van der Waals surface area contributed by atoms with Gasteiger partial charge in [-0.25, -0.2) is 0 Å². The van der Waals surface area contributed by atoms with Gasteiger partial charge in [-0.1, -0.05) is 42.6 Å². The van der Waals surface area contributed by atoms with Crippen molar-refractivity contribution in [2.24, 2.45) is 5.92 Å². The zero-order valence-corrected chi connectivity index (χ0v) is 12.2. The minimum Gasteiger partial charge on any atom is -0.351 e. The normalized spacial score (nSPS) is 12.8. The van der Waals surface area contributed by atoms with Gasteiger partial charge in [0.2, 0.25) is 0 Å². The SMILES string of the molecule is CCC(CC)C(Br)CNC(=O)c1cn[nH]c1C. The lowest BCUT2D eigenvalue weighted by Crippen LogP contribution is -2.33. The maximum absolute atomic E-state index is 11.8. The van der Waals surface area contributed by atoms with Crippen LogP contribution in [0.4, 0.5) is 0 Å². The molecule has 1 atom stereocenters. The second-order valence-electron chi connectivity index (χ2n) is 4.21. The molecule has 0 saturated carbocycles. The van der Waals surface area contributed by atoms with Crippen LogP contribution in [0.25, 0.3) is 0 Å². The molecule has 0 aromatic carbocycles. The van der Waals surface area contributed by atoms with Crippen LogP contribution in [0.3, 0.4) is 0 Å². The first-order chi connectivity index (χ1) is 8.10. The van der Waals surface area contributed by atoms with Crippen LogP contribution in [-0.2, 0) is 0 Å². The van der Waals surface area contributed by atoms with Crippen molar-refractivity contribution in [3.05, 3.63) is 17.5 Å². The summed E-state index contributed by atoms with van der Waals surface area (Å²) in [5, 5.41) is 9.53. The topological polar surface area (TPSA) is 57.8 Å². The van der Waals surface area contributed by atoms with Crippen LogP contribution in [0, 0.1) is 12.8 Å². The van der Waals surface area contributed by atoms with Gasteiger partial charge in [0.05, 0.1) is 11.8 Å².